The molecular weight excluding hydrogens is 204 g/mol. The van der Waals surface area contributed by atoms with E-state index in [9.17, 15) is 5.11 Å². The van der Waals surface area contributed by atoms with Crippen LogP contribution in [0.1, 0.15) is 25.5 Å². The number of aliphatic hydroxyl groups is 1. The van der Waals surface area contributed by atoms with E-state index in [1.807, 2.05) is 13.0 Å². The van der Waals surface area contributed by atoms with E-state index >= 15 is 0 Å². The zero-order valence-electron chi connectivity index (χ0n) is 9.22. The largest absolute Gasteiger partial charge is 0.390 e. The summed E-state index contributed by atoms with van der Waals surface area (Å²) in [5.41, 5.74) is -0.232. The molecule has 0 amide bonds. The van der Waals surface area contributed by atoms with Crippen LogP contribution in [-0.2, 0) is 0 Å². The number of piperidine rings is 1. The normalized spacial score (nSPS) is 19.2. The monoisotopic (exact) mass is 218 g/mol. The molecule has 0 unspecified atom stereocenters. The van der Waals surface area contributed by atoms with Crippen molar-refractivity contribution in [1.82, 2.24) is 9.97 Å². The van der Waals surface area contributed by atoms with Crippen LogP contribution in [0.15, 0.2) is 12.4 Å². The summed E-state index contributed by atoms with van der Waals surface area (Å²) in [6.07, 6.45) is 4.55. The fourth-order valence-corrected chi connectivity index (χ4v) is 1.76. The molecule has 5 heteroatoms. The average Bonchev–Trinajstić information content (AvgIpc) is 2.29. The van der Waals surface area contributed by atoms with Gasteiger partial charge in [-0.15, -0.1) is 0 Å². The molecule has 1 aromatic heterocycles. The summed E-state index contributed by atoms with van der Waals surface area (Å²) in [4.78, 5) is 10.2. The molecule has 2 rings (SSSR count). The van der Waals surface area contributed by atoms with Gasteiger partial charge in [0.05, 0.1) is 18.0 Å². The van der Waals surface area contributed by atoms with E-state index in [1.54, 1.807) is 6.20 Å². The van der Waals surface area contributed by atoms with Crippen LogP contribution in [-0.4, -0.2) is 33.8 Å². The molecule has 1 aliphatic heterocycles. The van der Waals surface area contributed by atoms with Crippen LogP contribution in [0.4, 0.5) is 5.82 Å². The minimum atomic E-state index is -0.559. The van der Waals surface area contributed by atoms with E-state index in [-0.39, 0.29) is 0 Å². The third-order valence-electron chi connectivity index (χ3n) is 2.92. The van der Waals surface area contributed by atoms with E-state index in [2.05, 4.69) is 14.9 Å². The number of rotatable bonds is 1. The Labute approximate surface area is 94.4 Å². The first-order valence-electron chi connectivity index (χ1n) is 5.30. The molecule has 16 heavy (non-hydrogen) atoms. The van der Waals surface area contributed by atoms with E-state index in [1.165, 1.54) is 6.20 Å². The zero-order chi connectivity index (χ0) is 11.6. The molecule has 1 aromatic rings. The van der Waals surface area contributed by atoms with Crippen LogP contribution in [0.25, 0.3) is 0 Å². The Morgan fingerprint density at radius 2 is 2.06 bits per heavy atom. The van der Waals surface area contributed by atoms with Gasteiger partial charge in [-0.1, -0.05) is 0 Å². The highest BCUT2D eigenvalue weighted by Gasteiger charge is 2.27. The molecule has 1 N–H and O–H groups in total. The molecule has 0 aromatic carbocycles. The molecular formula is C11H14N4O. The fourth-order valence-electron chi connectivity index (χ4n) is 1.76. The molecule has 1 aliphatic rings. The lowest BCUT2D eigenvalue weighted by Gasteiger charge is -2.36. The van der Waals surface area contributed by atoms with Crippen LogP contribution in [0.5, 0.6) is 0 Å². The van der Waals surface area contributed by atoms with Crippen molar-refractivity contribution in [1.29, 1.82) is 5.26 Å². The number of anilines is 1. The average molecular weight is 218 g/mol. The first-order valence-corrected chi connectivity index (χ1v) is 5.30. The van der Waals surface area contributed by atoms with Gasteiger partial charge in [-0.05, 0) is 19.8 Å². The summed E-state index contributed by atoms with van der Waals surface area (Å²) in [5.74, 6) is 0.773. The van der Waals surface area contributed by atoms with Gasteiger partial charge in [0, 0.05) is 13.1 Å². The molecule has 0 spiro atoms. The second-order valence-corrected chi connectivity index (χ2v) is 4.36. The second-order valence-electron chi connectivity index (χ2n) is 4.36. The lowest BCUT2D eigenvalue weighted by molar-refractivity contribution is 0.0350. The molecule has 0 saturated carbocycles. The van der Waals surface area contributed by atoms with Crippen molar-refractivity contribution in [2.75, 3.05) is 18.0 Å². The summed E-state index contributed by atoms with van der Waals surface area (Å²) in [5, 5.41) is 18.4. The van der Waals surface area contributed by atoms with E-state index < -0.39 is 5.60 Å². The number of hydrogen-bond acceptors (Lipinski definition) is 5. The summed E-state index contributed by atoms with van der Waals surface area (Å²) in [6.45, 7) is 3.40. The molecule has 1 fully saturated rings. The highest BCUT2D eigenvalue weighted by molar-refractivity contribution is 5.37. The summed E-state index contributed by atoms with van der Waals surface area (Å²) in [6, 6.07) is 1.94. The highest BCUT2D eigenvalue weighted by atomic mass is 16.3. The van der Waals surface area contributed by atoms with Gasteiger partial charge in [-0.2, -0.15) is 5.26 Å². The van der Waals surface area contributed by atoms with Crippen LogP contribution < -0.4 is 4.90 Å². The van der Waals surface area contributed by atoms with Crippen molar-refractivity contribution in [2.24, 2.45) is 0 Å². The van der Waals surface area contributed by atoms with Crippen molar-refractivity contribution in [3.8, 4) is 6.07 Å². The van der Waals surface area contributed by atoms with Gasteiger partial charge >= 0.3 is 0 Å². The van der Waals surface area contributed by atoms with Gasteiger partial charge in [-0.25, -0.2) is 9.97 Å². The maximum Gasteiger partial charge on any atom is 0.158 e. The van der Waals surface area contributed by atoms with Crippen molar-refractivity contribution >= 4 is 5.82 Å². The van der Waals surface area contributed by atoms with Gasteiger partial charge < -0.3 is 10.0 Å². The third-order valence-corrected chi connectivity index (χ3v) is 2.92. The minimum Gasteiger partial charge on any atom is -0.390 e. The maximum atomic E-state index is 9.82. The SMILES string of the molecule is CC1(O)CCN(c2cnc(C#N)cn2)CC1. The van der Waals surface area contributed by atoms with Gasteiger partial charge in [0.15, 0.2) is 5.69 Å². The Morgan fingerprint density at radius 3 is 2.56 bits per heavy atom. The molecule has 5 nitrogen and oxygen atoms in total. The summed E-state index contributed by atoms with van der Waals surface area (Å²) >= 11 is 0. The number of nitrogens with zero attached hydrogens (tertiary/aromatic N) is 4. The van der Waals surface area contributed by atoms with E-state index in [0.717, 1.165) is 31.7 Å². The number of hydrogen-bond donors (Lipinski definition) is 1. The second kappa shape index (κ2) is 4.06. The Balaban J connectivity index is 2.06. The Hall–Kier alpha value is -1.67. The van der Waals surface area contributed by atoms with Gasteiger partial charge in [0.2, 0.25) is 0 Å². The lowest BCUT2D eigenvalue weighted by Crippen LogP contribution is -2.42. The highest BCUT2D eigenvalue weighted by Crippen LogP contribution is 2.23. The predicted molar refractivity (Wildman–Crippen MR) is 58.8 cm³/mol. The lowest BCUT2D eigenvalue weighted by atomic mass is 9.94. The van der Waals surface area contributed by atoms with E-state index in [4.69, 9.17) is 5.26 Å². The summed E-state index contributed by atoms with van der Waals surface area (Å²) < 4.78 is 0. The molecule has 0 radical (unpaired) electrons. The first-order chi connectivity index (χ1) is 7.61. The third kappa shape index (κ3) is 2.28. The standard InChI is InChI=1S/C11H14N4O/c1-11(16)2-4-15(5-3-11)10-8-13-9(6-12)7-14-10/h7-8,16H,2-5H2,1H3. The maximum absolute atomic E-state index is 9.82. The summed E-state index contributed by atoms with van der Waals surface area (Å²) in [7, 11) is 0. The Morgan fingerprint density at radius 1 is 1.38 bits per heavy atom. The van der Waals surface area contributed by atoms with Gasteiger partial charge in [0.1, 0.15) is 11.9 Å². The number of nitriles is 1. The quantitative estimate of drug-likeness (QED) is 0.751. The molecule has 0 bridgehead atoms. The van der Waals surface area contributed by atoms with Crippen LogP contribution in [0.2, 0.25) is 0 Å². The van der Waals surface area contributed by atoms with Gasteiger partial charge in [-0.3, -0.25) is 0 Å². The minimum absolute atomic E-state index is 0.327. The van der Waals surface area contributed by atoms with Crippen molar-refractivity contribution in [2.45, 2.75) is 25.4 Å². The predicted octanol–water partition coefficient (Wildman–Crippen LogP) is 0.699. The molecule has 84 valence electrons. The van der Waals surface area contributed by atoms with E-state index in [0.29, 0.717) is 5.69 Å². The van der Waals surface area contributed by atoms with Crippen molar-refractivity contribution in [3.63, 3.8) is 0 Å². The van der Waals surface area contributed by atoms with Crippen molar-refractivity contribution in [3.05, 3.63) is 18.1 Å². The van der Waals surface area contributed by atoms with Crippen molar-refractivity contribution < 1.29 is 5.11 Å². The molecule has 0 aliphatic carbocycles. The smallest absolute Gasteiger partial charge is 0.158 e. The molecule has 2 heterocycles. The van der Waals surface area contributed by atoms with Crippen LogP contribution >= 0.6 is 0 Å². The molecule has 0 atom stereocenters. The van der Waals surface area contributed by atoms with Gasteiger partial charge in [0.25, 0.3) is 0 Å². The first kappa shape index (κ1) is 10.8. The Bertz CT molecular complexity index is 397. The van der Waals surface area contributed by atoms with Crippen LogP contribution in [0.3, 0.4) is 0 Å². The topological polar surface area (TPSA) is 73.0 Å². The fraction of sp³-hybridized carbons (Fsp3) is 0.545. The zero-order valence-corrected chi connectivity index (χ0v) is 9.22. The van der Waals surface area contributed by atoms with Crippen LogP contribution in [0, 0.1) is 11.3 Å². The Kier molecular flexibility index (Phi) is 2.75. The molecule has 1 saturated heterocycles. The number of aromatic nitrogens is 2.